The van der Waals surface area contributed by atoms with Crippen LogP contribution in [0, 0.1) is 11.7 Å². The SMILES string of the molecule is CCC[C@H]1C(c2ccc(F)cc2)C[C@H]2CCC1N2C. The van der Waals surface area contributed by atoms with Gasteiger partial charge in [0.05, 0.1) is 0 Å². The lowest BCUT2D eigenvalue weighted by Gasteiger charge is -2.43. The summed E-state index contributed by atoms with van der Waals surface area (Å²) in [6.07, 6.45) is 6.49. The molecule has 2 fully saturated rings. The van der Waals surface area contributed by atoms with E-state index in [1.165, 1.54) is 37.7 Å². The van der Waals surface area contributed by atoms with E-state index >= 15 is 0 Å². The van der Waals surface area contributed by atoms with Crippen LogP contribution in [0.3, 0.4) is 0 Å². The predicted octanol–water partition coefficient (Wildman–Crippen LogP) is 4.19. The van der Waals surface area contributed by atoms with Gasteiger partial charge in [0.1, 0.15) is 5.82 Å². The molecule has 1 nitrogen and oxygen atoms in total. The van der Waals surface area contributed by atoms with Crippen LogP contribution in [-0.4, -0.2) is 24.0 Å². The predicted molar refractivity (Wildman–Crippen MR) is 76.7 cm³/mol. The Labute approximate surface area is 115 Å². The summed E-state index contributed by atoms with van der Waals surface area (Å²) in [5.74, 6) is 1.26. The fourth-order valence-electron chi connectivity index (χ4n) is 4.40. The van der Waals surface area contributed by atoms with Crippen molar-refractivity contribution in [3.8, 4) is 0 Å². The molecule has 0 aromatic heterocycles. The van der Waals surface area contributed by atoms with E-state index in [0.29, 0.717) is 5.92 Å². The number of benzene rings is 1. The lowest BCUT2D eigenvalue weighted by Crippen LogP contribution is -2.45. The molecule has 0 spiro atoms. The molecule has 2 heterocycles. The molecule has 1 aromatic carbocycles. The van der Waals surface area contributed by atoms with Gasteiger partial charge in [0, 0.05) is 12.1 Å². The molecular weight excluding hydrogens is 237 g/mol. The standard InChI is InChI=1S/C17H24FN/c1-3-4-15-16(12-5-7-13(18)8-6-12)11-14-9-10-17(15)19(14)2/h5-8,14-17H,3-4,9-11H2,1-2H3/t14-,15+,16?,17?/m1/s1. The summed E-state index contributed by atoms with van der Waals surface area (Å²) >= 11 is 0. The molecule has 0 amide bonds. The zero-order valence-electron chi connectivity index (χ0n) is 12.0. The summed E-state index contributed by atoms with van der Waals surface area (Å²) in [4.78, 5) is 2.61. The first-order valence-corrected chi connectivity index (χ1v) is 7.68. The average molecular weight is 261 g/mol. The van der Waals surface area contributed by atoms with Gasteiger partial charge in [-0.05, 0) is 62.3 Å². The van der Waals surface area contributed by atoms with Crippen LogP contribution >= 0.6 is 0 Å². The highest BCUT2D eigenvalue weighted by Gasteiger charge is 2.45. The van der Waals surface area contributed by atoms with Crippen molar-refractivity contribution >= 4 is 0 Å². The zero-order chi connectivity index (χ0) is 13.4. The Kier molecular flexibility index (Phi) is 3.62. The lowest BCUT2D eigenvalue weighted by atomic mass is 9.74. The maximum Gasteiger partial charge on any atom is 0.123 e. The van der Waals surface area contributed by atoms with Crippen molar-refractivity contribution in [3.05, 3.63) is 35.6 Å². The van der Waals surface area contributed by atoms with Gasteiger partial charge in [-0.1, -0.05) is 25.5 Å². The number of rotatable bonds is 3. The van der Waals surface area contributed by atoms with E-state index < -0.39 is 0 Å². The summed E-state index contributed by atoms with van der Waals surface area (Å²) in [6.45, 7) is 2.28. The second kappa shape index (κ2) is 5.24. The molecule has 2 saturated heterocycles. The molecule has 4 atom stereocenters. The van der Waals surface area contributed by atoms with Crippen molar-refractivity contribution in [2.45, 2.75) is 57.0 Å². The first-order valence-electron chi connectivity index (χ1n) is 7.68. The van der Waals surface area contributed by atoms with Gasteiger partial charge in [0.15, 0.2) is 0 Å². The molecule has 104 valence electrons. The van der Waals surface area contributed by atoms with E-state index in [1.54, 1.807) is 12.1 Å². The van der Waals surface area contributed by atoms with Gasteiger partial charge < -0.3 is 4.90 Å². The molecule has 2 bridgehead atoms. The van der Waals surface area contributed by atoms with Crippen LogP contribution in [0.1, 0.15) is 50.5 Å². The van der Waals surface area contributed by atoms with Gasteiger partial charge in [-0.15, -0.1) is 0 Å². The van der Waals surface area contributed by atoms with Gasteiger partial charge in [-0.3, -0.25) is 0 Å². The number of halogens is 1. The van der Waals surface area contributed by atoms with Crippen molar-refractivity contribution in [1.82, 2.24) is 4.90 Å². The Balaban J connectivity index is 1.88. The molecule has 2 heteroatoms. The van der Waals surface area contributed by atoms with Crippen LogP contribution in [0.2, 0.25) is 0 Å². The van der Waals surface area contributed by atoms with Crippen LogP contribution in [0.5, 0.6) is 0 Å². The van der Waals surface area contributed by atoms with Crippen LogP contribution < -0.4 is 0 Å². The molecule has 3 rings (SSSR count). The summed E-state index contributed by atoms with van der Waals surface area (Å²) in [7, 11) is 2.30. The Hall–Kier alpha value is -0.890. The number of piperidine rings is 1. The van der Waals surface area contributed by atoms with Gasteiger partial charge in [0.2, 0.25) is 0 Å². The minimum atomic E-state index is -0.119. The molecule has 19 heavy (non-hydrogen) atoms. The van der Waals surface area contributed by atoms with Gasteiger partial charge >= 0.3 is 0 Å². The third-order valence-corrected chi connectivity index (χ3v) is 5.35. The summed E-state index contributed by atoms with van der Waals surface area (Å²) in [6, 6.07) is 8.75. The van der Waals surface area contributed by atoms with Crippen LogP contribution in [0.25, 0.3) is 0 Å². The first-order chi connectivity index (χ1) is 9.20. The smallest absolute Gasteiger partial charge is 0.123 e. The highest BCUT2D eigenvalue weighted by Crippen LogP contribution is 2.47. The van der Waals surface area contributed by atoms with E-state index in [1.807, 2.05) is 12.1 Å². The quantitative estimate of drug-likeness (QED) is 0.788. The zero-order valence-corrected chi connectivity index (χ0v) is 12.0. The minimum Gasteiger partial charge on any atom is -0.300 e. The van der Waals surface area contributed by atoms with Gasteiger partial charge in [-0.25, -0.2) is 4.39 Å². The third-order valence-electron chi connectivity index (χ3n) is 5.35. The maximum atomic E-state index is 13.1. The topological polar surface area (TPSA) is 3.24 Å². The highest BCUT2D eigenvalue weighted by molar-refractivity contribution is 5.24. The van der Waals surface area contributed by atoms with Crippen LogP contribution in [0.4, 0.5) is 4.39 Å². The Bertz CT molecular complexity index is 427. The monoisotopic (exact) mass is 261 g/mol. The second-order valence-corrected chi connectivity index (χ2v) is 6.31. The van der Waals surface area contributed by atoms with Crippen molar-refractivity contribution in [2.75, 3.05) is 7.05 Å². The average Bonchev–Trinajstić information content (AvgIpc) is 2.65. The molecule has 2 unspecified atom stereocenters. The summed E-state index contributed by atoms with van der Waals surface area (Å²) in [5, 5.41) is 0. The van der Waals surface area contributed by atoms with E-state index in [0.717, 1.165) is 18.0 Å². The Morgan fingerprint density at radius 1 is 1.21 bits per heavy atom. The van der Waals surface area contributed by atoms with E-state index in [2.05, 4.69) is 18.9 Å². The molecule has 2 aliphatic rings. The molecule has 0 aliphatic carbocycles. The highest BCUT2D eigenvalue weighted by atomic mass is 19.1. The molecule has 0 saturated carbocycles. The van der Waals surface area contributed by atoms with Gasteiger partial charge in [-0.2, -0.15) is 0 Å². The second-order valence-electron chi connectivity index (χ2n) is 6.31. The van der Waals surface area contributed by atoms with E-state index in [4.69, 9.17) is 0 Å². The van der Waals surface area contributed by atoms with Crippen LogP contribution in [0.15, 0.2) is 24.3 Å². The van der Waals surface area contributed by atoms with Crippen molar-refractivity contribution in [1.29, 1.82) is 0 Å². The Morgan fingerprint density at radius 2 is 1.95 bits per heavy atom. The Morgan fingerprint density at radius 3 is 2.63 bits per heavy atom. The lowest BCUT2D eigenvalue weighted by molar-refractivity contribution is 0.0940. The normalized spacial score (nSPS) is 34.7. The van der Waals surface area contributed by atoms with Crippen LogP contribution in [-0.2, 0) is 0 Å². The third kappa shape index (κ3) is 2.31. The fraction of sp³-hybridized carbons (Fsp3) is 0.647. The number of fused-ring (bicyclic) bond motifs is 2. The van der Waals surface area contributed by atoms with Crippen molar-refractivity contribution in [2.24, 2.45) is 5.92 Å². The largest absolute Gasteiger partial charge is 0.300 e. The van der Waals surface area contributed by atoms with Crippen molar-refractivity contribution < 1.29 is 4.39 Å². The number of nitrogens with zero attached hydrogens (tertiary/aromatic N) is 1. The molecule has 1 aromatic rings. The minimum absolute atomic E-state index is 0.119. The molecule has 2 aliphatic heterocycles. The summed E-state index contributed by atoms with van der Waals surface area (Å²) in [5.41, 5.74) is 1.35. The summed E-state index contributed by atoms with van der Waals surface area (Å²) < 4.78 is 13.1. The number of hydrogen-bond acceptors (Lipinski definition) is 1. The fourth-order valence-corrected chi connectivity index (χ4v) is 4.40. The molecule has 0 N–H and O–H groups in total. The number of hydrogen-bond donors (Lipinski definition) is 0. The van der Waals surface area contributed by atoms with Gasteiger partial charge in [0.25, 0.3) is 0 Å². The van der Waals surface area contributed by atoms with E-state index in [-0.39, 0.29) is 5.82 Å². The van der Waals surface area contributed by atoms with E-state index in [9.17, 15) is 4.39 Å². The molecular formula is C17H24FN. The first kappa shape index (κ1) is 13.1. The maximum absolute atomic E-state index is 13.1. The molecule has 0 radical (unpaired) electrons. The van der Waals surface area contributed by atoms with Crippen molar-refractivity contribution in [3.63, 3.8) is 0 Å².